The molecule has 12 aromatic rings. The Hall–Kier alpha value is -8.14. The van der Waals surface area contributed by atoms with E-state index in [0.29, 0.717) is 0 Å². The van der Waals surface area contributed by atoms with Gasteiger partial charge in [0.25, 0.3) is 0 Å². The summed E-state index contributed by atoms with van der Waals surface area (Å²) >= 11 is 0. The van der Waals surface area contributed by atoms with Crippen molar-refractivity contribution in [2.75, 3.05) is 4.90 Å². The Morgan fingerprint density at radius 3 is 1.66 bits per heavy atom. The summed E-state index contributed by atoms with van der Waals surface area (Å²) in [5, 5.41) is 7.09. The number of rotatable bonds is 7. The summed E-state index contributed by atoms with van der Waals surface area (Å²) in [6.45, 7) is 0. The van der Waals surface area contributed by atoms with Gasteiger partial charge in [-0.25, -0.2) is 0 Å². The van der Waals surface area contributed by atoms with Crippen LogP contribution < -0.4 is 4.90 Å². The van der Waals surface area contributed by atoms with Gasteiger partial charge in [-0.1, -0.05) is 164 Å². The lowest BCUT2D eigenvalue weighted by Gasteiger charge is -2.26. The Labute approximate surface area is 353 Å². The molecule has 0 saturated carbocycles. The lowest BCUT2D eigenvalue weighted by atomic mass is 9.97. The third kappa shape index (κ3) is 5.82. The van der Waals surface area contributed by atoms with Crippen LogP contribution >= 0.6 is 0 Å². The molecule has 0 atom stereocenters. The second-order valence-electron chi connectivity index (χ2n) is 15.7. The number of hydrogen-bond acceptors (Lipinski definition) is 2. The van der Waals surface area contributed by atoms with Gasteiger partial charge >= 0.3 is 0 Å². The molecule has 0 spiro atoms. The lowest BCUT2D eigenvalue weighted by molar-refractivity contribution is 0.673. The zero-order valence-electron chi connectivity index (χ0n) is 33.2. The first-order chi connectivity index (χ1) is 30.3. The van der Waals surface area contributed by atoms with E-state index in [1.165, 1.54) is 43.9 Å². The average molecular weight is 779 g/mol. The topological polar surface area (TPSA) is 21.3 Å². The Kier molecular flexibility index (Phi) is 8.17. The molecule has 0 amide bonds. The molecule has 2 aromatic heterocycles. The minimum absolute atomic E-state index is 0.895. The number of anilines is 3. The summed E-state index contributed by atoms with van der Waals surface area (Å²) in [7, 11) is 0. The van der Waals surface area contributed by atoms with Gasteiger partial charge in [0.1, 0.15) is 11.2 Å². The maximum absolute atomic E-state index is 6.55. The average Bonchev–Trinajstić information content (AvgIpc) is 3.89. The molecule has 3 heteroatoms. The molecule has 0 unspecified atom stereocenters. The van der Waals surface area contributed by atoms with Gasteiger partial charge in [0.2, 0.25) is 0 Å². The quantitative estimate of drug-likeness (QED) is 0.161. The highest BCUT2D eigenvalue weighted by Crippen LogP contribution is 2.43. The van der Waals surface area contributed by atoms with Crippen molar-refractivity contribution >= 4 is 71.6 Å². The zero-order valence-corrected chi connectivity index (χ0v) is 33.2. The molecule has 3 nitrogen and oxygen atoms in total. The predicted octanol–water partition coefficient (Wildman–Crippen LogP) is 16.3. The van der Waals surface area contributed by atoms with Crippen LogP contribution in [0.2, 0.25) is 0 Å². The molecule has 0 aliphatic heterocycles. The first-order valence-corrected chi connectivity index (χ1v) is 20.8. The van der Waals surface area contributed by atoms with Crippen molar-refractivity contribution in [3.63, 3.8) is 0 Å². The number of hydrogen-bond donors (Lipinski definition) is 0. The van der Waals surface area contributed by atoms with E-state index in [1.54, 1.807) is 0 Å². The Balaban J connectivity index is 0.970. The molecule has 0 bridgehead atoms. The fourth-order valence-electron chi connectivity index (χ4n) is 9.37. The van der Waals surface area contributed by atoms with Crippen LogP contribution in [0.3, 0.4) is 0 Å². The van der Waals surface area contributed by atoms with E-state index >= 15 is 0 Å². The van der Waals surface area contributed by atoms with Gasteiger partial charge in [0.05, 0.1) is 16.7 Å². The SMILES string of the molecule is c1ccc(-c2cccc(N(c3ccc(-c4ccccc4-n4c5ccccc5c5ccccc54)cc3)c3ccc(-c4cccc5oc6c7ccccc7ccc6c45)cc3)c2)cc1. The van der Waals surface area contributed by atoms with Crippen molar-refractivity contribution in [3.8, 4) is 39.1 Å². The fraction of sp³-hybridized carbons (Fsp3) is 0. The molecular formula is C58H38N2O. The zero-order chi connectivity index (χ0) is 40.3. The molecule has 2 heterocycles. The van der Waals surface area contributed by atoms with E-state index in [0.717, 1.165) is 66.8 Å². The van der Waals surface area contributed by atoms with Crippen molar-refractivity contribution in [1.82, 2.24) is 4.57 Å². The molecule has 0 radical (unpaired) electrons. The minimum atomic E-state index is 0.895. The fourth-order valence-corrected chi connectivity index (χ4v) is 9.37. The molecule has 12 rings (SSSR count). The maximum Gasteiger partial charge on any atom is 0.143 e. The Morgan fingerprint density at radius 2 is 0.918 bits per heavy atom. The summed E-state index contributed by atoms with van der Waals surface area (Å²) in [6.07, 6.45) is 0. The summed E-state index contributed by atoms with van der Waals surface area (Å²) in [4.78, 5) is 2.36. The van der Waals surface area contributed by atoms with Crippen molar-refractivity contribution in [2.45, 2.75) is 0 Å². The van der Waals surface area contributed by atoms with Gasteiger partial charge < -0.3 is 13.9 Å². The van der Waals surface area contributed by atoms with Crippen LogP contribution in [-0.2, 0) is 0 Å². The normalized spacial score (nSPS) is 11.6. The highest BCUT2D eigenvalue weighted by Gasteiger charge is 2.19. The smallest absolute Gasteiger partial charge is 0.143 e. The van der Waals surface area contributed by atoms with Crippen LogP contribution in [0.15, 0.2) is 235 Å². The van der Waals surface area contributed by atoms with Crippen LogP contribution in [0.25, 0.3) is 93.6 Å². The Bertz CT molecular complexity index is 3520. The third-order valence-corrected chi connectivity index (χ3v) is 12.2. The lowest BCUT2D eigenvalue weighted by Crippen LogP contribution is -2.10. The number of aromatic nitrogens is 1. The number of nitrogens with zero attached hydrogens (tertiary/aromatic N) is 2. The van der Waals surface area contributed by atoms with E-state index in [-0.39, 0.29) is 0 Å². The predicted molar refractivity (Wildman–Crippen MR) is 257 cm³/mol. The van der Waals surface area contributed by atoms with E-state index in [1.807, 2.05) is 0 Å². The standard InChI is InChI=1S/C58H38N2O/c1-2-14-39(15-3-1)43-17-12-18-46(38-43)59(45-35-30-42(31-36-45)48-23-13-27-56-57(48)52-37-32-40-16-4-5-20-49(40)58(52)61-56)44-33-28-41(29-34-44)47-19-6-9-24-53(47)60-54-25-10-7-21-50(54)51-22-8-11-26-55(51)60/h1-38H. The molecule has 286 valence electrons. The van der Waals surface area contributed by atoms with Crippen LogP contribution in [0, 0.1) is 0 Å². The molecule has 0 fully saturated rings. The molecular weight excluding hydrogens is 741 g/mol. The van der Waals surface area contributed by atoms with Gasteiger partial charge in [-0.3, -0.25) is 0 Å². The highest BCUT2D eigenvalue weighted by atomic mass is 16.3. The van der Waals surface area contributed by atoms with Crippen LogP contribution in [0.1, 0.15) is 0 Å². The van der Waals surface area contributed by atoms with Crippen molar-refractivity contribution in [2.24, 2.45) is 0 Å². The molecule has 0 aliphatic carbocycles. The van der Waals surface area contributed by atoms with Crippen LogP contribution in [0.4, 0.5) is 17.1 Å². The monoisotopic (exact) mass is 778 g/mol. The maximum atomic E-state index is 6.55. The van der Waals surface area contributed by atoms with Crippen molar-refractivity contribution in [3.05, 3.63) is 231 Å². The van der Waals surface area contributed by atoms with E-state index < -0.39 is 0 Å². The van der Waals surface area contributed by atoms with E-state index in [2.05, 4.69) is 240 Å². The van der Waals surface area contributed by atoms with Gasteiger partial charge in [-0.05, 0) is 99.9 Å². The Morgan fingerprint density at radius 1 is 0.344 bits per heavy atom. The number of fused-ring (bicyclic) bond motifs is 8. The number of furan rings is 1. The summed E-state index contributed by atoms with van der Waals surface area (Å²) in [5.74, 6) is 0. The van der Waals surface area contributed by atoms with Gasteiger partial charge in [0.15, 0.2) is 0 Å². The molecule has 0 aliphatic rings. The number of benzene rings is 10. The van der Waals surface area contributed by atoms with Crippen molar-refractivity contribution in [1.29, 1.82) is 0 Å². The third-order valence-electron chi connectivity index (χ3n) is 12.2. The molecule has 61 heavy (non-hydrogen) atoms. The first kappa shape index (κ1) is 34.9. The summed E-state index contributed by atoms with van der Waals surface area (Å²) < 4.78 is 8.96. The van der Waals surface area contributed by atoms with E-state index in [4.69, 9.17) is 4.42 Å². The molecule has 10 aromatic carbocycles. The molecule has 0 N–H and O–H groups in total. The van der Waals surface area contributed by atoms with Crippen LogP contribution in [-0.4, -0.2) is 4.57 Å². The largest absolute Gasteiger partial charge is 0.455 e. The second-order valence-corrected chi connectivity index (χ2v) is 15.7. The molecule has 0 saturated heterocycles. The number of para-hydroxylation sites is 3. The van der Waals surface area contributed by atoms with Crippen molar-refractivity contribution < 1.29 is 4.42 Å². The van der Waals surface area contributed by atoms with Gasteiger partial charge in [-0.15, -0.1) is 0 Å². The second kappa shape index (κ2) is 14.3. The highest BCUT2D eigenvalue weighted by molar-refractivity contribution is 6.19. The summed E-state index contributed by atoms with van der Waals surface area (Å²) in [5.41, 5.74) is 15.6. The first-order valence-electron chi connectivity index (χ1n) is 20.8. The minimum Gasteiger partial charge on any atom is -0.455 e. The van der Waals surface area contributed by atoms with Gasteiger partial charge in [-0.2, -0.15) is 0 Å². The van der Waals surface area contributed by atoms with Crippen LogP contribution in [0.5, 0.6) is 0 Å². The van der Waals surface area contributed by atoms with Gasteiger partial charge in [0, 0.05) is 49.6 Å². The van der Waals surface area contributed by atoms with E-state index in [9.17, 15) is 0 Å². The summed E-state index contributed by atoms with van der Waals surface area (Å²) in [6, 6.07) is 82.8.